The minimum Gasteiger partial charge on any atom is -0.303 e. The van der Waals surface area contributed by atoms with E-state index in [-0.39, 0.29) is 0 Å². The van der Waals surface area contributed by atoms with Crippen molar-refractivity contribution in [1.29, 1.82) is 0 Å². The van der Waals surface area contributed by atoms with E-state index in [9.17, 15) is 0 Å². The molecule has 0 saturated carbocycles. The van der Waals surface area contributed by atoms with E-state index >= 15 is 0 Å². The van der Waals surface area contributed by atoms with E-state index in [4.69, 9.17) is 0 Å². The van der Waals surface area contributed by atoms with Crippen molar-refractivity contribution in [2.75, 3.05) is 25.4 Å². The van der Waals surface area contributed by atoms with E-state index in [1.54, 1.807) is 0 Å². The predicted molar refractivity (Wildman–Crippen MR) is 78.4 cm³/mol. The SMILES string of the molecule is CC(C)CN(CCCCCCS)CC(C)C. The molecule has 0 unspecified atom stereocenters. The Morgan fingerprint density at radius 2 is 1.31 bits per heavy atom. The van der Waals surface area contributed by atoms with Crippen molar-refractivity contribution in [2.45, 2.75) is 53.4 Å². The summed E-state index contributed by atoms with van der Waals surface area (Å²) in [5.41, 5.74) is 0. The number of hydrogen-bond donors (Lipinski definition) is 1. The molecule has 0 aromatic heterocycles. The molecule has 0 aliphatic heterocycles. The fraction of sp³-hybridized carbons (Fsp3) is 1.00. The highest BCUT2D eigenvalue weighted by Gasteiger charge is 2.08. The Kier molecular flexibility index (Phi) is 10.7. The van der Waals surface area contributed by atoms with Crippen LogP contribution in [0.2, 0.25) is 0 Å². The molecular weight excluding hydrogens is 214 g/mol. The van der Waals surface area contributed by atoms with E-state index in [0.29, 0.717) is 0 Å². The molecule has 98 valence electrons. The van der Waals surface area contributed by atoms with Gasteiger partial charge in [0.1, 0.15) is 0 Å². The molecule has 0 radical (unpaired) electrons. The summed E-state index contributed by atoms with van der Waals surface area (Å²) in [4.78, 5) is 2.63. The van der Waals surface area contributed by atoms with Gasteiger partial charge in [-0.2, -0.15) is 12.6 Å². The summed E-state index contributed by atoms with van der Waals surface area (Å²) in [5, 5.41) is 0. The molecule has 0 fully saturated rings. The zero-order valence-electron chi connectivity index (χ0n) is 11.7. The highest BCUT2D eigenvalue weighted by atomic mass is 32.1. The largest absolute Gasteiger partial charge is 0.303 e. The van der Waals surface area contributed by atoms with Crippen LogP contribution in [0.4, 0.5) is 0 Å². The molecule has 0 aliphatic carbocycles. The molecule has 0 atom stereocenters. The lowest BCUT2D eigenvalue weighted by atomic mass is 10.1. The van der Waals surface area contributed by atoms with Crippen LogP contribution < -0.4 is 0 Å². The third-order valence-electron chi connectivity index (χ3n) is 2.63. The van der Waals surface area contributed by atoms with Crippen molar-refractivity contribution in [2.24, 2.45) is 11.8 Å². The third kappa shape index (κ3) is 10.8. The average Bonchev–Trinajstić information content (AvgIpc) is 2.15. The van der Waals surface area contributed by atoms with Crippen LogP contribution in [0.3, 0.4) is 0 Å². The highest BCUT2D eigenvalue weighted by molar-refractivity contribution is 7.80. The van der Waals surface area contributed by atoms with E-state index < -0.39 is 0 Å². The molecule has 0 rings (SSSR count). The minimum atomic E-state index is 0.788. The highest BCUT2D eigenvalue weighted by Crippen LogP contribution is 2.07. The monoisotopic (exact) mass is 245 g/mol. The molecule has 0 heterocycles. The van der Waals surface area contributed by atoms with Crippen molar-refractivity contribution in [3.05, 3.63) is 0 Å². The summed E-state index contributed by atoms with van der Waals surface area (Å²) in [6.07, 6.45) is 5.35. The lowest BCUT2D eigenvalue weighted by Crippen LogP contribution is -2.32. The van der Waals surface area contributed by atoms with Crippen LogP contribution in [0.5, 0.6) is 0 Å². The molecule has 0 spiro atoms. The summed E-state index contributed by atoms with van der Waals surface area (Å²) < 4.78 is 0. The maximum absolute atomic E-state index is 4.24. The summed E-state index contributed by atoms with van der Waals surface area (Å²) in [7, 11) is 0. The van der Waals surface area contributed by atoms with Crippen LogP contribution in [0.15, 0.2) is 0 Å². The van der Waals surface area contributed by atoms with Crippen LogP contribution in [0, 0.1) is 11.8 Å². The Balaban J connectivity index is 3.65. The topological polar surface area (TPSA) is 3.24 Å². The molecule has 2 heteroatoms. The summed E-state index contributed by atoms with van der Waals surface area (Å²) in [6.45, 7) is 13.0. The van der Waals surface area contributed by atoms with Gasteiger partial charge in [-0.05, 0) is 37.0 Å². The van der Waals surface area contributed by atoms with Gasteiger partial charge in [0.2, 0.25) is 0 Å². The van der Waals surface area contributed by atoms with Gasteiger partial charge in [-0.25, -0.2) is 0 Å². The second-order valence-electron chi connectivity index (χ2n) is 5.69. The zero-order valence-corrected chi connectivity index (χ0v) is 12.6. The van der Waals surface area contributed by atoms with E-state index in [1.165, 1.54) is 45.3 Å². The van der Waals surface area contributed by atoms with Gasteiger partial charge in [0.25, 0.3) is 0 Å². The quantitative estimate of drug-likeness (QED) is 0.448. The van der Waals surface area contributed by atoms with Crippen molar-refractivity contribution in [3.63, 3.8) is 0 Å². The molecule has 0 aromatic rings. The van der Waals surface area contributed by atoms with Crippen LogP contribution in [0.25, 0.3) is 0 Å². The molecule has 16 heavy (non-hydrogen) atoms. The zero-order chi connectivity index (χ0) is 12.4. The average molecular weight is 245 g/mol. The van der Waals surface area contributed by atoms with Gasteiger partial charge in [-0.15, -0.1) is 0 Å². The number of hydrogen-bond acceptors (Lipinski definition) is 2. The van der Waals surface area contributed by atoms with Crippen LogP contribution in [-0.4, -0.2) is 30.3 Å². The molecule has 0 amide bonds. The van der Waals surface area contributed by atoms with Crippen molar-refractivity contribution >= 4 is 12.6 Å². The maximum atomic E-state index is 4.24. The van der Waals surface area contributed by atoms with Crippen molar-refractivity contribution in [3.8, 4) is 0 Å². The van der Waals surface area contributed by atoms with E-state index in [0.717, 1.165) is 17.6 Å². The van der Waals surface area contributed by atoms with Gasteiger partial charge in [0.05, 0.1) is 0 Å². The van der Waals surface area contributed by atoms with Gasteiger partial charge >= 0.3 is 0 Å². The number of unbranched alkanes of at least 4 members (excludes halogenated alkanes) is 3. The number of nitrogens with zero attached hydrogens (tertiary/aromatic N) is 1. The molecule has 0 saturated heterocycles. The van der Waals surface area contributed by atoms with Gasteiger partial charge in [0, 0.05) is 13.1 Å². The van der Waals surface area contributed by atoms with Gasteiger partial charge in [0.15, 0.2) is 0 Å². The predicted octanol–water partition coefficient (Wildman–Crippen LogP) is 4.09. The van der Waals surface area contributed by atoms with Crippen LogP contribution in [0.1, 0.15) is 53.4 Å². The molecule has 0 N–H and O–H groups in total. The first-order chi connectivity index (χ1) is 7.56. The fourth-order valence-corrected chi connectivity index (χ4v) is 2.31. The molecule has 0 aliphatic rings. The Hall–Kier alpha value is 0.310. The Morgan fingerprint density at radius 1 is 0.812 bits per heavy atom. The summed E-state index contributed by atoms with van der Waals surface area (Å²) in [5.74, 6) is 2.62. The lowest BCUT2D eigenvalue weighted by Gasteiger charge is -2.26. The van der Waals surface area contributed by atoms with Gasteiger partial charge < -0.3 is 4.90 Å². The molecule has 1 nitrogen and oxygen atoms in total. The number of thiol groups is 1. The van der Waals surface area contributed by atoms with Crippen LogP contribution >= 0.6 is 12.6 Å². The summed E-state index contributed by atoms with van der Waals surface area (Å²) >= 11 is 4.24. The second kappa shape index (κ2) is 10.5. The van der Waals surface area contributed by atoms with Gasteiger partial charge in [-0.3, -0.25) is 0 Å². The first-order valence-corrected chi connectivity index (χ1v) is 7.52. The minimum absolute atomic E-state index is 0.788. The third-order valence-corrected chi connectivity index (χ3v) is 2.95. The second-order valence-corrected chi connectivity index (χ2v) is 6.13. The fourth-order valence-electron chi connectivity index (χ4n) is 2.09. The van der Waals surface area contributed by atoms with Crippen LogP contribution in [-0.2, 0) is 0 Å². The van der Waals surface area contributed by atoms with Gasteiger partial charge in [-0.1, -0.05) is 40.5 Å². The molecule has 0 bridgehead atoms. The van der Waals surface area contributed by atoms with E-state index in [1.807, 2.05) is 0 Å². The first-order valence-electron chi connectivity index (χ1n) is 6.89. The van der Waals surface area contributed by atoms with Crippen molar-refractivity contribution < 1.29 is 0 Å². The lowest BCUT2D eigenvalue weighted by molar-refractivity contribution is 0.215. The molecule has 0 aromatic carbocycles. The Morgan fingerprint density at radius 3 is 1.75 bits per heavy atom. The first kappa shape index (κ1) is 16.3. The Labute approximate surface area is 108 Å². The number of rotatable bonds is 10. The molecular formula is C14H31NS. The van der Waals surface area contributed by atoms with E-state index in [2.05, 4.69) is 45.2 Å². The maximum Gasteiger partial charge on any atom is 0.000449 e. The summed E-state index contributed by atoms with van der Waals surface area (Å²) in [6, 6.07) is 0. The van der Waals surface area contributed by atoms with Crippen molar-refractivity contribution in [1.82, 2.24) is 4.90 Å². The normalized spacial score (nSPS) is 12.0. The smallest absolute Gasteiger partial charge is 0.000449 e. The Bertz CT molecular complexity index is 136. The standard InChI is InChI=1S/C14H31NS/c1-13(2)11-15(12-14(3)4)9-7-5-6-8-10-16/h13-14,16H,5-12H2,1-4H3.